The van der Waals surface area contributed by atoms with E-state index in [4.69, 9.17) is 4.74 Å². The molecule has 0 saturated heterocycles. The second-order valence-electron chi connectivity index (χ2n) is 6.85. The molecule has 7 nitrogen and oxygen atoms in total. The number of likely N-dealkylation sites (N-methyl/N-ethyl adjacent to an activating group) is 1. The number of anilines is 1. The van der Waals surface area contributed by atoms with E-state index in [-0.39, 0.29) is 23.6 Å². The summed E-state index contributed by atoms with van der Waals surface area (Å²) in [6.07, 6.45) is 6.63. The average molecular weight is 337 g/mol. The zero-order chi connectivity index (χ0) is 17.7. The number of ether oxygens (including phenoxy) is 1. The summed E-state index contributed by atoms with van der Waals surface area (Å²) in [6.45, 7) is 6.03. The lowest BCUT2D eigenvalue weighted by Crippen LogP contribution is -2.64. The van der Waals surface area contributed by atoms with Gasteiger partial charge in [-0.15, -0.1) is 0 Å². The Balaban J connectivity index is 1.87. The maximum atomic E-state index is 12.3. The van der Waals surface area contributed by atoms with E-state index in [0.29, 0.717) is 5.69 Å². The van der Waals surface area contributed by atoms with Gasteiger partial charge in [-0.2, -0.15) is 5.10 Å². The maximum absolute atomic E-state index is 12.3. The topological polar surface area (TPSA) is 71.4 Å². The normalized spacial score (nSPS) is 22.2. The lowest BCUT2D eigenvalue weighted by molar-refractivity contribution is -0.119. The Bertz CT molecular complexity index is 539. The quantitative estimate of drug-likeness (QED) is 0.762. The summed E-state index contributed by atoms with van der Waals surface area (Å²) in [4.78, 5) is 14.4. The molecule has 0 bridgehead atoms. The highest BCUT2D eigenvalue weighted by Gasteiger charge is 2.53. The van der Waals surface area contributed by atoms with Crippen molar-refractivity contribution in [3.8, 4) is 0 Å². The average Bonchev–Trinajstić information content (AvgIpc) is 2.98. The van der Waals surface area contributed by atoms with Gasteiger partial charge in [-0.05, 0) is 33.4 Å². The number of carbonyl (C=O) groups is 1. The molecule has 1 heterocycles. The third-order valence-electron chi connectivity index (χ3n) is 5.36. The number of nitrogens with zero attached hydrogens (tertiary/aromatic N) is 3. The van der Waals surface area contributed by atoms with Gasteiger partial charge in [-0.25, -0.2) is 4.79 Å². The molecule has 1 fully saturated rings. The highest BCUT2D eigenvalue weighted by molar-refractivity contribution is 5.89. The van der Waals surface area contributed by atoms with E-state index in [1.807, 2.05) is 25.0 Å². The van der Waals surface area contributed by atoms with Crippen molar-refractivity contribution in [3.05, 3.63) is 12.4 Å². The zero-order valence-electron chi connectivity index (χ0n) is 15.5. The Kier molecular flexibility index (Phi) is 6.23. The first-order chi connectivity index (χ1) is 11.4. The highest BCUT2D eigenvalue weighted by Crippen LogP contribution is 2.48. The fraction of sp³-hybridized carbons (Fsp3) is 0.765. The van der Waals surface area contributed by atoms with Crippen LogP contribution in [0.5, 0.6) is 0 Å². The minimum atomic E-state index is -0.173. The summed E-state index contributed by atoms with van der Waals surface area (Å²) < 4.78 is 7.41. The van der Waals surface area contributed by atoms with Crippen molar-refractivity contribution in [2.45, 2.75) is 51.8 Å². The molecule has 1 aromatic heterocycles. The molecule has 0 radical (unpaired) electrons. The van der Waals surface area contributed by atoms with E-state index in [0.717, 1.165) is 32.4 Å². The third kappa shape index (κ3) is 3.89. The Morgan fingerprint density at radius 1 is 1.46 bits per heavy atom. The zero-order valence-corrected chi connectivity index (χ0v) is 15.5. The number of methoxy groups -OCH3 is 1. The van der Waals surface area contributed by atoms with Crippen LogP contribution in [-0.2, 0) is 11.3 Å². The second-order valence-corrected chi connectivity index (χ2v) is 6.85. The Morgan fingerprint density at radius 3 is 2.75 bits per heavy atom. The van der Waals surface area contributed by atoms with Gasteiger partial charge in [-0.1, -0.05) is 13.8 Å². The molecule has 7 heteroatoms. The molecule has 2 atom stereocenters. The Hall–Kier alpha value is -1.60. The SMILES string of the molecule is CCC1(CC)[C@H](NC(=O)Nc2cnn(CCN(C)C)c2)C[C@H]1OC. The van der Waals surface area contributed by atoms with Gasteiger partial charge in [0.1, 0.15) is 0 Å². The van der Waals surface area contributed by atoms with E-state index in [9.17, 15) is 4.79 Å². The fourth-order valence-electron chi connectivity index (χ4n) is 3.66. The molecular formula is C17H31N5O2. The Labute approximate surface area is 144 Å². The van der Waals surface area contributed by atoms with Gasteiger partial charge in [0.05, 0.1) is 24.5 Å². The molecule has 0 spiro atoms. The van der Waals surface area contributed by atoms with Gasteiger partial charge < -0.3 is 20.3 Å². The molecule has 2 amide bonds. The summed E-state index contributed by atoms with van der Waals surface area (Å²) in [6, 6.07) is -0.0192. The number of urea groups is 1. The van der Waals surface area contributed by atoms with E-state index < -0.39 is 0 Å². The molecular weight excluding hydrogens is 306 g/mol. The first-order valence-corrected chi connectivity index (χ1v) is 8.72. The second kappa shape index (κ2) is 7.98. The minimum Gasteiger partial charge on any atom is -0.381 e. The summed E-state index contributed by atoms with van der Waals surface area (Å²) in [5.41, 5.74) is 0.759. The van der Waals surface area contributed by atoms with E-state index >= 15 is 0 Å². The largest absolute Gasteiger partial charge is 0.381 e. The number of amides is 2. The van der Waals surface area contributed by atoms with Crippen molar-refractivity contribution in [1.82, 2.24) is 20.0 Å². The highest BCUT2D eigenvalue weighted by atomic mass is 16.5. The molecule has 1 aliphatic rings. The van der Waals surface area contributed by atoms with Crippen LogP contribution in [0, 0.1) is 5.41 Å². The van der Waals surface area contributed by atoms with Crippen LogP contribution < -0.4 is 10.6 Å². The smallest absolute Gasteiger partial charge is 0.319 e. The minimum absolute atomic E-state index is 0.0436. The molecule has 1 aromatic rings. The number of hydrogen-bond donors (Lipinski definition) is 2. The molecule has 1 aliphatic carbocycles. The van der Waals surface area contributed by atoms with Crippen molar-refractivity contribution in [3.63, 3.8) is 0 Å². The molecule has 24 heavy (non-hydrogen) atoms. The lowest BCUT2D eigenvalue weighted by Gasteiger charge is -2.54. The monoisotopic (exact) mass is 337 g/mol. The molecule has 2 N–H and O–H groups in total. The number of carbonyl (C=O) groups excluding carboxylic acids is 1. The van der Waals surface area contributed by atoms with E-state index in [2.05, 4.69) is 34.5 Å². The fourth-order valence-corrected chi connectivity index (χ4v) is 3.66. The van der Waals surface area contributed by atoms with Gasteiger partial charge in [0, 0.05) is 31.3 Å². The molecule has 0 aromatic carbocycles. The first-order valence-electron chi connectivity index (χ1n) is 8.72. The molecule has 0 aliphatic heterocycles. The van der Waals surface area contributed by atoms with Crippen LogP contribution in [0.2, 0.25) is 0 Å². The van der Waals surface area contributed by atoms with Crippen molar-refractivity contribution in [2.75, 3.05) is 33.1 Å². The van der Waals surface area contributed by atoms with Crippen molar-refractivity contribution < 1.29 is 9.53 Å². The van der Waals surface area contributed by atoms with Gasteiger partial charge in [0.15, 0.2) is 0 Å². The Morgan fingerprint density at radius 2 is 2.17 bits per heavy atom. The van der Waals surface area contributed by atoms with Crippen LogP contribution in [-0.4, -0.2) is 60.6 Å². The number of rotatable bonds is 8. The summed E-state index contributed by atoms with van der Waals surface area (Å²) in [5.74, 6) is 0. The van der Waals surface area contributed by atoms with Crippen LogP contribution in [0.1, 0.15) is 33.1 Å². The molecule has 136 valence electrons. The van der Waals surface area contributed by atoms with Gasteiger partial charge >= 0.3 is 6.03 Å². The summed E-state index contributed by atoms with van der Waals surface area (Å²) >= 11 is 0. The van der Waals surface area contributed by atoms with Crippen LogP contribution in [0.15, 0.2) is 12.4 Å². The van der Waals surface area contributed by atoms with E-state index in [1.165, 1.54) is 0 Å². The van der Waals surface area contributed by atoms with Crippen molar-refractivity contribution >= 4 is 11.7 Å². The van der Waals surface area contributed by atoms with Gasteiger partial charge in [-0.3, -0.25) is 4.68 Å². The standard InChI is InChI=1S/C17H31N5O2/c1-6-17(7-2)14(10-15(17)24-5)20-16(23)19-13-11-18-22(12-13)9-8-21(3)4/h11-12,14-15H,6-10H2,1-5H3,(H2,19,20,23)/t14-,15-/m1/s1. The predicted octanol–water partition coefficient (Wildman–Crippen LogP) is 2.16. The van der Waals surface area contributed by atoms with Crippen LogP contribution in [0.4, 0.5) is 10.5 Å². The van der Waals surface area contributed by atoms with Gasteiger partial charge in [0.25, 0.3) is 0 Å². The molecule has 2 rings (SSSR count). The van der Waals surface area contributed by atoms with Crippen molar-refractivity contribution in [1.29, 1.82) is 0 Å². The number of nitrogens with one attached hydrogen (secondary N) is 2. The van der Waals surface area contributed by atoms with Crippen LogP contribution >= 0.6 is 0 Å². The molecule has 0 unspecified atom stereocenters. The van der Waals surface area contributed by atoms with Gasteiger partial charge in [0.2, 0.25) is 0 Å². The summed E-state index contributed by atoms with van der Waals surface area (Å²) in [5, 5.41) is 10.3. The molecule has 1 saturated carbocycles. The predicted molar refractivity (Wildman–Crippen MR) is 95.2 cm³/mol. The third-order valence-corrected chi connectivity index (χ3v) is 5.36. The van der Waals surface area contributed by atoms with Crippen LogP contribution in [0.25, 0.3) is 0 Å². The van der Waals surface area contributed by atoms with Crippen LogP contribution in [0.3, 0.4) is 0 Å². The van der Waals surface area contributed by atoms with E-state index in [1.54, 1.807) is 13.3 Å². The lowest BCUT2D eigenvalue weighted by atomic mass is 9.58. The number of hydrogen-bond acceptors (Lipinski definition) is 4. The summed E-state index contributed by atoms with van der Waals surface area (Å²) in [7, 11) is 5.80. The number of aromatic nitrogens is 2. The van der Waals surface area contributed by atoms with Crippen molar-refractivity contribution in [2.24, 2.45) is 5.41 Å². The maximum Gasteiger partial charge on any atom is 0.319 e. The first kappa shape index (κ1) is 18.7.